The largest absolute Gasteiger partial charge is 0.478 e. The molecule has 6 heteroatoms. The molecule has 0 aromatic heterocycles. The van der Waals surface area contributed by atoms with Gasteiger partial charge in [-0.15, -0.1) is 0 Å². The Hall–Kier alpha value is -1.92. The molecule has 1 aromatic rings. The van der Waals surface area contributed by atoms with E-state index in [1.807, 2.05) is 0 Å². The van der Waals surface area contributed by atoms with Crippen LogP contribution in [0.15, 0.2) is 24.3 Å². The van der Waals surface area contributed by atoms with Crippen molar-refractivity contribution in [2.45, 2.75) is 159 Å². The van der Waals surface area contributed by atoms with Gasteiger partial charge in [-0.2, -0.15) is 0 Å². The zero-order valence-electron chi connectivity index (χ0n) is 27.5. The van der Waals surface area contributed by atoms with Crippen LogP contribution < -0.4 is 0 Å². The minimum Gasteiger partial charge on any atom is -0.478 e. The first-order chi connectivity index (χ1) is 17.2. The number of quaternary nitrogens is 2. The molecule has 222 valence electrons. The Labute approximate surface area is 235 Å². The van der Waals surface area contributed by atoms with Crippen LogP contribution in [0, 0.1) is 0 Å². The number of benzene rings is 1. The Morgan fingerprint density at radius 1 is 0.421 bits per heavy atom. The molecule has 0 saturated carbocycles. The summed E-state index contributed by atoms with van der Waals surface area (Å²) in [6.07, 6.45) is 0. The van der Waals surface area contributed by atoms with Gasteiger partial charge >= 0.3 is 11.9 Å². The van der Waals surface area contributed by atoms with Crippen molar-refractivity contribution in [3.63, 3.8) is 0 Å². The predicted molar refractivity (Wildman–Crippen MR) is 162 cm³/mol. The first kappa shape index (κ1) is 38.2. The van der Waals surface area contributed by atoms with Gasteiger partial charge in [-0.05, 0) is 135 Å². The van der Waals surface area contributed by atoms with E-state index in [2.05, 4.69) is 111 Å². The second kappa shape index (κ2) is 16.2. The van der Waals surface area contributed by atoms with Gasteiger partial charge < -0.3 is 19.2 Å². The minimum atomic E-state index is -1.06. The maximum absolute atomic E-state index is 10.3. The molecule has 0 saturated heterocycles. The monoisotopic (exact) mass is 538 g/mol. The Kier molecular flexibility index (Phi) is 16.3. The molecular weight excluding hydrogens is 476 g/mol. The summed E-state index contributed by atoms with van der Waals surface area (Å²) in [6.45, 7) is 37.6. The fourth-order valence-corrected chi connectivity index (χ4v) is 7.91. The molecule has 0 bridgehead atoms. The van der Waals surface area contributed by atoms with E-state index in [0.29, 0.717) is 48.3 Å². The number of carboxylic acid groups (broad SMARTS) is 2. The highest BCUT2D eigenvalue weighted by atomic mass is 16.4. The van der Waals surface area contributed by atoms with Gasteiger partial charge in [-0.3, -0.25) is 0 Å². The lowest BCUT2D eigenvalue weighted by Crippen LogP contribution is -2.65. The van der Waals surface area contributed by atoms with Crippen LogP contribution in [-0.4, -0.2) is 79.5 Å². The summed E-state index contributed by atoms with van der Waals surface area (Å²) >= 11 is 0. The lowest BCUT2D eigenvalue weighted by Gasteiger charge is -2.52. The van der Waals surface area contributed by atoms with Crippen LogP contribution in [0.3, 0.4) is 0 Å². The fraction of sp³-hybridized carbons (Fsp3) is 0.750. The molecule has 6 nitrogen and oxygen atoms in total. The average Bonchev–Trinajstić information content (AvgIpc) is 2.73. The molecule has 0 aliphatic carbocycles. The topological polar surface area (TPSA) is 74.6 Å². The van der Waals surface area contributed by atoms with Gasteiger partial charge in [0.25, 0.3) is 0 Å². The first-order valence-electron chi connectivity index (χ1n) is 14.5. The van der Waals surface area contributed by atoms with Crippen molar-refractivity contribution >= 4 is 11.9 Å². The van der Waals surface area contributed by atoms with Gasteiger partial charge in [0.05, 0.1) is 59.5 Å². The van der Waals surface area contributed by atoms with E-state index in [-0.39, 0.29) is 11.1 Å². The van der Waals surface area contributed by atoms with Crippen molar-refractivity contribution < 1.29 is 28.8 Å². The lowest BCUT2D eigenvalue weighted by molar-refractivity contribution is -1.00. The van der Waals surface area contributed by atoms with Crippen LogP contribution in [-0.2, 0) is 0 Å². The number of hydrogen-bond acceptors (Lipinski definition) is 2. The zero-order valence-corrected chi connectivity index (χ0v) is 27.5. The Morgan fingerprint density at radius 2 is 0.553 bits per heavy atom. The second-order valence-electron chi connectivity index (χ2n) is 12.7. The molecule has 1 rings (SSSR count). The number of rotatable bonds is 10. The van der Waals surface area contributed by atoms with Crippen molar-refractivity contribution in [2.24, 2.45) is 0 Å². The maximum atomic E-state index is 10.3. The number of aromatic carboxylic acids is 2. The fourth-order valence-electron chi connectivity index (χ4n) is 7.91. The van der Waals surface area contributed by atoms with Crippen molar-refractivity contribution in [1.82, 2.24) is 0 Å². The van der Waals surface area contributed by atoms with Crippen molar-refractivity contribution in [2.75, 3.05) is 0 Å². The van der Waals surface area contributed by atoms with Gasteiger partial charge in [-0.1, -0.05) is 0 Å². The molecule has 0 amide bonds. The Bertz CT molecular complexity index is 678. The molecule has 0 aliphatic heterocycles. The molecule has 0 radical (unpaired) electrons. The van der Waals surface area contributed by atoms with E-state index in [1.165, 1.54) is 33.2 Å². The van der Waals surface area contributed by atoms with E-state index < -0.39 is 11.9 Å². The van der Waals surface area contributed by atoms with Crippen molar-refractivity contribution in [1.29, 1.82) is 0 Å². The summed E-state index contributed by atoms with van der Waals surface area (Å²) in [5.41, 5.74) is 0.167. The van der Waals surface area contributed by atoms with E-state index in [4.69, 9.17) is 10.2 Å². The Balaban J connectivity index is 0. The molecule has 0 unspecified atom stereocenters. The third kappa shape index (κ3) is 9.08. The zero-order chi connectivity index (χ0) is 30.8. The van der Waals surface area contributed by atoms with Crippen LogP contribution in [0.25, 0.3) is 0 Å². The molecule has 0 fully saturated rings. The smallest absolute Gasteiger partial charge is 0.335 e. The number of hydrogen-bond donors (Lipinski definition) is 2. The number of carboxylic acids is 2. The molecular formula is C32H62N2O4+2. The first-order valence-corrected chi connectivity index (χ1v) is 14.5. The summed E-state index contributed by atoms with van der Waals surface area (Å²) in [7, 11) is 0. The molecule has 0 spiro atoms. The standard InChI is InChI=1S/2C12H28N.C8H6O4/c2*1-9(2)13(10(3)4,11(5)6)12(7)8;9-7(10)5-1-2-6(4-3-5)8(11)12/h2*9-12H,1-8H3;1-4H,(H,9,10)(H,11,12)/q2*+1;. The average molecular weight is 539 g/mol. The highest BCUT2D eigenvalue weighted by Crippen LogP contribution is 2.29. The van der Waals surface area contributed by atoms with Crippen molar-refractivity contribution in [3.8, 4) is 0 Å². The van der Waals surface area contributed by atoms with Gasteiger partial charge in [-0.25, -0.2) is 9.59 Å². The SMILES string of the molecule is CC(C)[N+](C(C)C)(C(C)C)C(C)C.CC(C)[N+](C(C)C)(C(C)C)C(C)C.O=C(O)c1ccc(C(=O)O)cc1. The van der Waals surface area contributed by atoms with Crippen LogP contribution in [0.4, 0.5) is 0 Å². The third-order valence-electron chi connectivity index (χ3n) is 8.53. The quantitative estimate of drug-likeness (QED) is 0.296. The minimum absolute atomic E-state index is 0.0833. The lowest BCUT2D eigenvalue weighted by atomic mass is 10.0. The molecule has 0 atom stereocenters. The summed E-state index contributed by atoms with van der Waals surface area (Å²) in [4.78, 5) is 20.7. The van der Waals surface area contributed by atoms with E-state index >= 15 is 0 Å². The predicted octanol–water partition coefficient (Wildman–Crippen LogP) is 7.96. The normalized spacial score (nSPS) is 12.4. The molecule has 38 heavy (non-hydrogen) atoms. The highest BCUT2D eigenvalue weighted by Gasteiger charge is 2.41. The summed E-state index contributed by atoms with van der Waals surface area (Å²) < 4.78 is 2.44. The van der Waals surface area contributed by atoms with Gasteiger partial charge in [0.2, 0.25) is 0 Å². The molecule has 2 N–H and O–H groups in total. The van der Waals surface area contributed by atoms with Crippen LogP contribution in [0.5, 0.6) is 0 Å². The van der Waals surface area contributed by atoms with E-state index in [1.54, 1.807) is 0 Å². The van der Waals surface area contributed by atoms with E-state index in [0.717, 1.165) is 0 Å². The summed E-state index contributed by atoms with van der Waals surface area (Å²) in [6, 6.07) is 10.7. The highest BCUT2D eigenvalue weighted by molar-refractivity contribution is 5.91. The summed E-state index contributed by atoms with van der Waals surface area (Å²) in [5.74, 6) is -2.13. The summed E-state index contributed by atoms with van der Waals surface area (Å²) in [5, 5.41) is 16.9. The van der Waals surface area contributed by atoms with Gasteiger partial charge in [0.1, 0.15) is 0 Å². The van der Waals surface area contributed by atoms with Crippen molar-refractivity contribution in [3.05, 3.63) is 35.4 Å². The molecule has 0 heterocycles. The molecule has 0 aliphatic rings. The number of carbonyl (C=O) groups is 2. The second-order valence-corrected chi connectivity index (χ2v) is 12.7. The van der Waals surface area contributed by atoms with Crippen LogP contribution in [0.1, 0.15) is 131 Å². The molecule has 1 aromatic carbocycles. The Morgan fingerprint density at radius 3 is 0.605 bits per heavy atom. The van der Waals surface area contributed by atoms with Gasteiger partial charge in [0.15, 0.2) is 0 Å². The van der Waals surface area contributed by atoms with E-state index in [9.17, 15) is 9.59 Å². The van der Waals surface area contributed by atoms with Crippen LogP contribution in [0.2, 0.25) is 0 Å². The van der Waals surface area contributed by atoms with Crippen LogP contribution >= 0.6 is 0 Å². The third-order valence-corrected chi connectivity index (χ3v) is 8.53. The number of nitrogens with zero attached hydrogens (tertiary/aromatic N) is 2. The van der Waals surface area contributed by atoms with Gasteiger partial charge in [0, 0.05) is 0 Å². The maximum Gasteiger partial charge on any atom is 0.335 e.